The zero-order valence-electron chi connectivity index (χ0n) is 11.1. The minimum atomic E-state index is -0.558. The number of aryl methyl sites for hydroxylation is 1. The van der Waals surface area contributed by atoms with E-state index in [1.807, 2.05) is 19.1 Å². The van der Waals surface area contributed by atoms with Crippen molar-refractivity contribution in [3.8, 4) is 0 Å². The summed E-state index contributed by atoms with van der Waals surface area (Å²) in [6.07, 6.45) is 2.51. The van der Waals surface area contributed by atoms with E-state index >= 15 is 0 Å². The Morgan fingerprint density at radius 3 is 2.95 bits per heavy atom. The third-order valence-electron chi connectivity index (χ3n) is 2.98. The second-order valence-electron chi connectivity index (χ2n) is 4.31. The van der Waals surface area contributed by atoms with Gasteiger partial charge < -0.3 is 5.32 Å². The van der Waals surface area contributed by atoms with Crippen LogP contribution in [0.5, 0.6) is 0 Å². The van der Waals surface area contributed by atoms with E-state index in [0.29, 0.717) is 4.90 Å². The van der Waals surface area contributed by atoms with Gasteiger partial charge in [0, 0.05) is 11.1 Å². The highest BCUT2D eigenvalue weighted by Gasteiger charge is 2.12. The highest BCUT2D eigenvalue weighted by atomic mass is 32.1. The molecule has 1 aromatic carbocycles. The monoisotopic (exact) mass is 290 g/mol. The third kappa shape index (κ3) is 3.36. The van der Waals surface area contributed by atoms with Crippen LogP contribution in [0.3, 0.4) is 0 Å². The molecule has 0 fully saturated rings. The van der Waals surface area contributed by atoms with Crippen LogP contribution < -0.4 is 5.32 Å². The summed E-state index contributed by atoms with van der Waals surface area (Å²) in [5.41, 5.74) is 1.86. The van der Waals surface area contributed by atoms with Gasteiger partial charge in [0.1, 0.15) is 5.82 Å². The van der Waals surface area contributed by atoms with Gasteiger partial charge in [-0.05, 0) is 36.2 Å². The van der Waals surface area contributed by atoms with Crippen LogP contribution in [0.2, 0.25) is 0 Å². The molecule has 3 nitrogen and oxygen atoms in total. The topological polar surface area (TPSA) is 42.0 Å². The van der Waals surface area contributed by atoms with Gasteiger partial charge in [-0.15, -0.1) is 12.6 Å². The maximum atomic E-state index is 13.6. The van der Waals surface area contributed by atoms with Gasteiger partial charge in [-0.1, -0.05) is 13.0 Å². The van der Waals surface area contributed by atoms with Crippen LogP contribution in [0.25, 0.3) is 0 Å². The van der Waals surface area contributed by atoms with Crippen molar-refractivity contribution in [2.75, 3.05) is 0 Å². The molecule has 0 saturated heterocycles. The fourth-order valence-corrected chi connectivity index (χ4v) is 2.10. The predicted octanol–water partition coefficient (Wildman–Crippen LogP) is 3.00. The lowest BCUT2D eigenvalue weighted by Gasteiger charge is -2.09. The van der Waals surface area contributed by atoms with E-state index in [1.54, 1.807) is 6.20 Å². The average molecular weight is 290 g/mol. The number of carbonyl (C=O) groups is 1. The van der Waals surface area contributed by atoms with Crippen LogP contribution in [0.15, 0.2) is 41.4 Å². The van der Waals surface area contributed by atoms with E-state index in [9.17, 15) is 9.18 Å². The highest BCUT2D eigenvalue weighted by Crippen LogP contribution is 2.14. The van der Waals surface area contributed by atoms with Gasteiger partial charge in [-0.3, -0.25) is 9.78 Å². The van der Waals surface area contributed by atoms with Crippen molar-refractivity contribution in [1.82, 2.24) is 10.3 Å². The number of thiol groups is 1. The molecule has 1 heterocycles. The summed E-state index contributed by atoms with van der Waals surface area (Å²) < 4.78 is 13.6. The van der Waals surface area contributed by atoms with Crippen LogP contribution in [0.1, 0.15) is 28.5 Å². The summed E-state index contributed by atoms with van der Waals surface area (Å²) in [6, 6.07) is 7.96. The molecule has 1 amide bonds. The van der Waals surface area contributed by atoms with Crippen molar-refractivity contribution in [2.45, 2.75) is 24.8 Å². The van der Waals surface area contributed by atoms with Crippen LogP contribution >= 0.6 is 12.6 Å². The fourth-order valence-electron chi connectivity index (χ4n) is 1.90. The smallest absolute Gasteiger partial charge is 0.254 e. The summed E-state index contributed by atoms with van der Waals surface area (Å²) in [4.78, 5) is 16.8. The molecule has 0 aliphatic heterocycles. The molecule has 20 heavy (non-hydrogen) atoms. The molecule has 0 aliphatic carbocycles. The number of amides is 1. The molecule has 0 aliphatic rings. The van der Waals surface area contributed by atoms with Crippen molar-refractivity contribution in [2.24, 2.45) is 0 Å². The Balaban J connectivity index is 2.11. The van der Waals surface area contributed by atoms with Gasteiger partial charge in [0.05, 0.1) is 17.8 Å². The SMILES string of the molecule is CCc1cccnc1CNC(=O)c1cc(S)ccc1F. The predicted molar refractivity (Wildman–Crippen MR) is 78.4 cm³/mol. The first-order chi connectivity index (χ1) is 9.61. The first kappa shape index (κ1) is 14.5. The number of pyridine rings is 1. The quantitative estimate of drug-likeness (QED) is 0.850. The Hall–Kier alpha value is -1.88. The maximum Gasteiger partial charge on any atom is 0.254 e. The Morgan fingerprint density at radius 2 is 2.20 bits per heavy atom. The molecule has 0 saturated carbocycles. The number of nitrogens with one attached hydrogen (secondary N) is 1. The highest BCUT2D eigenvalue weighted by molar-refractivity contribution is 7.80. The number of carbonyl (C=O) groups excluding carboxylic acids is 1. The molecule has 0 spiro atoms. The molecule has 0 atom stereocenters. The Morgan fingerprint density at radius 1 is 1.40 bits per heavy atom. The van der Waals surface area contributed by atoms with Crippen LogP contribution in [0.4, 0.5) is 4.39 Å². The number of aromatic nitrogens is 1. The number of rotatable bonds is 4. The van der Waals surface area contributed by atoms with Crippen LogP contribution in [-0.2, 0) is 13.0 Å². The average Bonchev–Trinajstić information content (AvgIpc) is 2.47. The summed E-state index contributed by atoms with van der Waals surface area (Å²) in [7, 11) is 0. The first-order valence-corrected chi connectivity index (χ1v) is 6.76. The van der Waals surface area contributed by atoms with Gasteiger partial charge in [0.2, 0.25) is 0 Å². The van der Waals surface area contributed by atoms with Crippen LogP contribution in [-0.4, -0.2) is 10.9 Å². The van der Waals surface area contributed by atoms with Crippen LogP contribution in [0, 0.1) is 5.82 Å². The maximum absolute atomic E-state index is 13.6. The van der Waals surface area contributed by atoms with Crippen molar-refractivity contribution in [3.05, 3.63) is 59.2 Å². The van der Waals surface area contributed by atoms with Gasteiger partial charge in [-0.2, -0.15) is 0 Å². The van der Waals surface area contributed by atoms with Crippen molar-refractivity contribution in [3.63, 3.8) is 0 Å². The molecule has 1 aromatic heterocycles. The van der Waals surface area contributed by atoms with Gasteiger partial charge in [0.25, 0.3) is 5.91 Å². The molecule has 0 radical (unpaired) electrons. The standard InChI is InChI=1S/C15H15FN2OS/c1-2-10-4-3-7-17-14(10)9-18-15(19)12-8-11(20)5-6-13(12)16/h3-8,20H,2,9H2,1H3,(H,18,19). The lowest BCUT2D eigenvalue weighted by Crippen LogP contribution is -2.25. The second kappa shape index (κ2) is 6.52. The van der Waals surface area contributed by atoms with Crippen molar-refractivity contribution < 1.29 is 9.18 Å². The van der Waals surface area contributed by atoms with E-state index < -0.39 is 11.7 Å². The van der Waals surface area contributed by atoms with Gasteiger partial charge in [0.15, 0.2) is 0 Å². The molecular formula is C15H15FN2OS. The lowest BCUT2D eigenvalue weighted by molar-refractivity contribution is 0.0946. The van der Waals surface area contributed by atoms with E-state index in [-0.39, 0.29) is 12.1 Å². The fraction of sp³-hybridized carbons (Fsp3) is 0.200. The molecule has 2 aromatic rings. The second-order valence-corrected chi connectivity index (χ2v) is 4.83. The summed E-state index contributed by atoms with van der Waals surface area (Å²) in [5, 5.41) is 2.68. The Kier molecular flexibility index (Phi) is 4.74. The molecular weight excluding hydrogens is 275 g/mol. The molecule has 0 bridgehead atoms. The minimum absolute atomic E-state index is 0.00789. The van der Waals surface area contributed by atoms with Gasteiger partial charge in [-0.25, -0.2) is 4.39 Å². The minimum Gasteiger partial charge on any atom is -0.346 e. The number of nitrogens with zero attached hydrogens (tertiary/aromatic N) is 1. The van der Waals surface area contributed by atoms with E-state index in [1.165, 1.54) is 18.2 Å². The van der Waals surface area contributed by atoms with Gasteiger partial charge >= 0.3 is 0 Å². The summed E-state index contributed by atoms with van der Waals surface area (Å²) in [5.74, 6) is -1.02. The normalized spacial score (nSPS) is 10.3. The summed E-state index contributed by atoms with van der Waals surface area (Å²) in [6.45, 7) is 2.30. The zero-order valence-corrected chi connectivity index (χ0v) is 12.0. The first-order valence-electron chi connectivity index (χ1n) is 6.31. The molecule has 1 N–H and O–H groups in total. The Bertz CT molecular complexity index is 631. The summed E-state index contributed by atoms with van der Waals surface area (Å²) >= 11 is 4.11. The van der Waals surface area contributed by atoms with E-state index in [2.05, 4.69) is 22.9 Å². The molecule has 0 unspecified atom stereocenters. The number of halogens is 1. The Labute approximate surface area is 122 Å². The van der Waals surface area contributed by atoms with Crippen molar-refractivity contribution >= 4 is 18.5 Å². The van der Waals surface area contributed by atoms with E-state index in [0.717, 1.165) is 17.7 Å². The number of hydrogen-bond donors (Lipinski definition) is 2. The number of hydrogen-bond acceptors (Lipinski definition) is 3. The molecule has 104 valence electrons. The largest absolute Gasteiger partial charge is 0.346 e. The lowest BCUT2D eigenvalue weighted by atomic mass is 10.1. The molecule has 5 heteroatoms. The molecule has 2 rings (SSSR count). The zero-order chi connectivity index (χ0) is 14.5. The van der Waals surface area contributed by atoms with E-state index in [4.69, 9.17) is 0 Å². The third-order valence-corrected chi connectivity index (χ3v) is 3.25. The number of benzene rings is 1. The van der Waals surface area contributed by atoms with Crippen molar-refractivity contribution in [1.29, 1.82) is 0 Å².